The molecule has 4 heteroatoms. The Kier molecular flexibility index (Phi) is 5.97. The van der Waals surface area contributed by atoms with Crippen molar-refractivity contribution in [2.45, 2.75) is 27.2 Å². The van der Waals surface area contributed by atoms with Gasteiger partial charge in [-0.3, -0.25) is 4.79 Å². The van der Waals surface area contributed by atoms with Crippen LogP contribution < -0.4 is 0 Å². The third kappa shape index (κ3) is 3.89. The van der Waals surface area contributed by atoms with E-state index in [0.717, 1.165) is 19.5 Å². The van der Waals surface area contributed by atoms with E-state index >= 15 is 0 Å². The molecule has 1 aromatic rings. The molecule has 18 heavy (non-hydrogen) atoms. The maximum absolute atomic E-state index is 12.1. The van der Waals surface area contributed by atoms with Gasteiger partial charge in [-0.15, -0.1) is 0 Å². The smallest absolute Gasteiger partial charge is 0.253 e. The molecule has 2 nitrogen and oxygen atoms in total. The van der Waals surface area contributed by atoms with E-state index in [9.17, 15) is 4.79 Å². The maximum Gasteiger partial charge on any atom is 0.253 e. The minimum Gasteiger partial charge on any atom is -0.338 e. The molecule has 0 bridgehead atoms. The molecule has 1 aliphatic rings. The van der Waals surface area contributed by atoms with Gasteiger partial charge in [-0.05, 0) is 30.5 Å². The number of carbonyl (C=O) groups is 1. The second-order valence-corrected chi connectivity index (χ2v) is 5.18. The molecular weight excluding hydrogens is 269 g/mol. The van der Waals surface area contributed by atoms with Gasteiger partial charge in [0.25, 0.3) is 5.91 Å². The van der Waals surface area contributed by atoms with Crippen LogP contribution in [0.1, 0.15) is 37.6 Å². The van der Waals surface area contributed by atoms with E-state index in [2.05, 4.69) is 6.92 Å². The average molecular weight is 288 g/mol. The van der Waals surface area contributed by atoms with Gasteiger partial charge < -0.3 is 4.90 Å². The van der Waals surface area contributed by atoms with Crippen LogP contribution in [0.25, 0.3) is 0 Å². The third-order valence-corrected chi connectivity index (χ3v) is 3.26. The van der Waals surface area contributed by atoms with Gasteiger partial charge in [-0.25, -0.2) is 0 Å². The number of likely N-dealkylation sites (tertiary alicyclic amines) is 1. The molecule has 1 fully saturated rings. The standard InChI is InChI=1S/C12H13Cl2NO.C2H6/c1-8-2-3-15(7-8)12(16)9-4-10(13)6-11(14)5-9;1-2/h4-6,8H,2-3,7H2,1H3;1-2H3. The lowest BCUT2D eigenvalue weighted by molar-refractivity contribution is 0.0788. The molecule has 100 valence electrons. The van der Waals surface area contributed by atoms with Gasteiger partial charge in [0.15, 0.2) is 0 Å². The first kappa shape index (κ1) is 15.3. The van der Waals surface area contributed by atoms with Gasteiger partial charge in [-0.1, -0.05) is 44.0 Å². The Balaban J connectivity index is 0.000000771. The summed E-state index contributed by atoms with van der Waals surface area (Å²) in [5.41, 5.74) is 0.576. The predicted octanol–water partition coefficient (Wildman–Crippen LogP) is 4.50. The highest BCUT2D eigenvalue weighted by atomic mass is 35.5. The van der Waals surface area contributed by atoms with Crippen LogP contribution in [0, 0.1) is 5.92 Å². The molecular formula is C14H19Cl2NO. The molecule has 0 aliphatic carbocycles. The number of hydrogen-bond acceptors (Lipinski definition) is 1. The number of amides is 1. The first-order valence-corrected chi connectivity index (χ1v) is 7.07. The van der Waals surface area contributed by atoms with E-state index in [4.69, 9.17) is 23.2 Å². The van der Waals surface area contributed by atoms with E-state index in [1.54, 1.807) is 18.2 Å². The van der Waals surface area contributed by atoms with Crippen molar-refractivity contribution in [1.29, 1.82) is 0 Å². The Hall–Kier alpha value is -0.730. The van der Waals surface area contributed by atoms with Crippen LogP contribution in [0.4, 0.5) is 0 Å². The highest BCUT2D eigenvalue weighted by molar-refractivity contribution is 6.35. The predicted molar refractivity (Wildman–Crippen MR) is 77.5 cm³/mol. The largest absolute Gasteiger partial charge is 0.338 e. The van der Waals surface area contributed by atoms with Crippen molar-refractivity contribution in [3.63, 3.8) is 0 Å². The molecule has 1 heterocycles. The Bertz CT molecular complexity index is 400. The van der Waals surface area contributed by atoms with Crippen molar-refractivity contribution in [2.24, 2.45) is 5.92 Å². The van der Waals surface area contributed by atoms with Gasteiger partial charge in [-0.2, -0.15) is 0 Å². The summed E-state index contributed by atoms with van der Waals surface area (Å²) in [5.74, 6) is 0.604. The first-order valence-electron chi connectivity index (χ1n) is 6.31. The van der Waals surface area contributed by atoms with E-state index in [-0.39, 0.29) is 5.91 Å². The zero-order valence-corrected chi connectivity index (χ0v) is 12.6. The van der Waals surface area contributed by atoms with Crippen LogP contribution in [0.2, 0.25) is 10.0 Å². The first-order chi connectivity index (χ1) is 8.56. The summed E-state index contributed by atoms with van der Waals surface area (Å²) < 4.78 is 0. The minimum absolute atomic E-state index is 0.0220. The molecule has 1 unspecified atom stereocenters. The van der Waals surface area contributed by atoms with Gasteiger partial charge in [0.1, 0.15) is 0 Å². The third-order valence-electron chi connectivity index (χ3n) is 2.82. The average Bonchev–Trinajstić information content (AvgIpc) is 2.76. The fraction of sp³-hybridized carbons (Fsp3) is 0.500. The Labute approximate surface area is 119 Å². The molecule has 1 saturated heterocycles. The number of halogens is 2. The van der Waals surface area contributed by atoms with Crippen LogP contribution >= 0.6 is 23.2 Å². The topological polar surface area (TPSA) is 20.3 Å². The molecule has 1 amide bonds. The fourth-order valence-corrected chi connectivity index (χ4v) is 2.51. The molecule has 0 aromatic heterocycles. The monoisotopic (exact) mass is 287 g/mol. The maximum atomic E-state index is 12.1. The van der Waals surface area contributed by atoms with Crippen molar-refractivity contribution in [3.8, 4) is 0 Å². The molecule has 1 aliphatic heterocycles. The van der Waals surface area contributed by atoms with Crippen LogP contribution in [-0.4, -0.2) is 23.9 Å². The normalized spacial score (nSPS) is 18.3. The quantitative estimate of drug-likeness (QED) is 0.745. The second-order valence-electron chi connectivity index (χ2n) is 4.30. The highest BCUT2D eigenvalue weighted by Gasteiger charge is 2.24. The molecule has 2 rings (SSSR count). The number of nitrogens with zero attached hydrogens (tertiary/aromatic N) is 1. The molecule has 0 spiro atoms. The molecule has 1 aromatic carbocycles. The number of hydrogen-bond donors (Lipinski definition) is 0. The Morgan fingerprint density at radius 1 is 1.22 bits per heavy atom. The van der Waals surface area contributed by atoms with Crippen molar-refractivity contribution in [1.82, 2.24) is 4.90 Å². The summed E-state index contributed by atoms with van der Waals surface area (Å²) in [6, 6.07) is 4.96. The van der Waals surface area contributed by atoms with Gasteiger partial charge >= 0.3 is 0 Å². The van der Waals surface area contributed by atoms with E-state index in [1.165, 1.54) is 0 Å². The summed E-state index contributed by atoms with van der Waals surface area (Å²) in [4.78, 5) is 14.0. The molecule has 1 atom stereocenters. The van der Waals surface area contributed by atoms with Crippen molar-refractivity contribution in [2.75, 3.05) is 13.1 Å². The second kappa shape index (κ2) is 7.01. The van der Waals surface area contributed by atoms with Gasteiger partial charge in [0.05, 0.1) is 0 Å². The van der Waals surface area contributed by atoms with Crippen LogP contribution in [0.5, 0.6) is 0 Å². The summed E-state index contributed by atoms with van der Waals surface area (Å²) in [6.07, 6.45) is 1.07. The SMILES string of the molecule is CC.CC1CCN(C(=O)c2cc(Cl)cc(Cl)c2)C1. The van der Waals surface area contributed by atoms with Crippen molar-refractivity contribution in [3.05, 3.63) is 33.8 Å². The zero-order valence-electron chi connectivity index (χ0n) is 11.0. The van der Waals surface area contributed by atoms with Gasteiger partial charge in [0, 0.05) is 28.7 Å². The molecule has 0 N–H and O–H groups in total. The summed E-state index contributed by atoms with van der Waals surface area (Å²) in [7, 11) is 0. The zero-order chi connectivity index (χ0) is 13.7. The van der Waals surface area contributed by atoms with Crippen LogP contribution in [0.15, 0.2) is 18.2 Å². The minimum atomic E-state index is 0.0220. The Morgan fingerprint density at radius 2 is 1.78 bits per heavy atom. The molecule has 0 radical (unpaired) electrons. The Morgan fingerprint density at radius 3 is 2.22 bits per heavy atom. The van der Waals surface area contributed by atoms with E-state index in [0.29, 0.717) is 21.5 Å². The summed E-state index contributed by atoms with van der Waals surface area (Å²) in [5, 5.41) is 1.01. The van der Waals surface area contributed by atoms with E-state index in [1.807, 2.05) is 18.7 Å². The van der Waals surface area contributed by atoms with Crippen LogP contribution in [-0.2, 0) is 0 Å². The van der Waals surface area contributed by atoms with Crippen LogP contribution in [0.3, 0.4) is 0 Å². The van der Waals surface area contributed by atoms with Gasteiger partial charge in [0.2, 0.25) is 0 Å². The number of rotatable bonds is 1. The number of benzene rings is 1. The van der Waals surface area contributed by atoms with Crippen molar-refractivity contribution >= 4 is 29.1 Å². The highest BCUT2D eigenvalue weighted by Crippen LogP contribution is 2.23. The lowest BCUT2D eigenvalue weighted by atomic mass is 10.2. The fourth-order valence-electron chi connectivity index (χ4n) is 1.98. The lowest BCUT2D eigenvalue weighted by Crippen LogP contribution is -2.28. The number of carbonyl (C=O) groups excluding carboxylic acids is 1. The summed E-state index contributed by atoms with van der Waals surface area (Å²) >= 11 is 11.7. The molecule has 0 saturated carbocycles. The lowest BCUT2D eigenvalue weighted by Gasteiger charge is -2.16. The summed E-state index contributed by atoms with van der Waals surface area (Å²) in [6.45, 7) is 7.80. The van der Waals surface area contributed by atoms with E-state index < -0.39 is 0 Å². The van der Waals surface area contributed by atoms with Crippen molar-refractivity contribution < 1.29 is 4.79 Å².